The summed E-state index contributed by atoms with van der Waals surface area (Å²) in [6, 6.07) is 9.49. The molecule has 7 nitrogen and oxygen atoms in total. The van der Waals surface area contributed by atoms with Crippen molar-refractivity contribution in [2.45, 2.75) is 17.7 Å². The van der Waals surface area contributed by atoms with Gasteiger partial charge >= 0.3 is 0 Å². The van der Waals surface area contributed by atoms with E-state index in [2.05, 4.69) is 9.71 Å². The summed E-state index contributed by atoms with van der Waals surface area (Å²) in [6.07, 6.45) is 4.47. The van der Waals surface area contributed by atoms with Gasteiger partial charge in [-0.2, -0.15) is 8.42 Å². The van der Waals surface area contributed by atoms with Crippen LogP contribution in [0.1, 0.15) is 18.6 Å². The van der Waals surface area contributed by atoms with Gasteiger partial charge in [-0.1, -0.05) is 0 Å². The first-order valence-corrected chi connectivity index (χ1v) is 10.7. The highest BCUT2D eigenvalue weighted by molar-refractivity contribution is 14.1. The number of carbonyl (C=O) groups is 1. The van der Waals surface area contributed by atoms with E-state index in [9.17, 15) is 13.2 Å². The summed E-state index contributed by atoms with van der Waals surface area (Å²) in [5.41, 5.74) is 0.489. The van der Waals surface area contributed by atoms with Crippen LogP contribution >= 0.6 is 22.6 Å². The number of halogens is 1. The SMILES string of the molecule is CN1CCCC1=NS(=O)(=O)c1ccc(NC(=O)C=Cc2ccc(I)o2)cc1. The van der Waals surface area contributed by atoms with Gasteiger partial charge in [0.05, 0.1) is 4.90 Å². The van der Waals surface area contributed by atoms with Crippen molar-refractivity contribution < 1.29 is 17.6 Å². The zero-order valence-corrected chi connectivity index (χ0v) is 17.5. The number of furan rings is 1. The molecule has 9 heteroatoms. The first-order chi connectivity index (χ1) is 12.8. The normalized spacial score (nSPS) is 16.4. The molecule has 0 radical (unpaired) electrons. The molecule has 1 aliphatic rings. The molecule has 0 atom stereocenters. The van der Waals surface area contributed by atoms with Crippen LogP contribution in [-0.2, 0) is 14.8 Å². The number of hydrogen-bond donors (Lipinski definition) is 1. The average Bonchev–Trinajstić information content (AvgIpc) is 3.22. The highest BCUT2D eigenvalue weighted by Gasteiger charge is 2.20. The number of rotatable bonds is 5. The third-order valence-corrected chi connectivity index (χ3v) is 5.87. The summed E-state index contributed by atoms with van der Waals surface area (Å²) in [4.78, 5) is 13.9. The van der Waals surface area contributed by atoms with Crippen molar-refractivity contribution in [3.8, 4) is 0 Å². The summed E-state index contributed by atoms with van der Waals surface area (Å²) in [6.45, 7) is 0.810. The zero-order valence-electron chi connectivity index (χ0n) is 14.6. The lowest BCUT2D eigenvalue weighted by molar-refractivity contribution is -0.111. The molecular formula is C18H18IN3O4S. The van der Waals surface area contributed by atoms with E-state index in [4.69, 9.17) is 4.42 Å². The summed E-state index contributed by atoms with van der Waals surface area (Å²) >= 11 is 2.04. The molecule has 27 heavy (non-hydrogen) atoms. The third kappa shape index (κ3) is 5.19. The molecule has 0 unspecified atom stereocenters. The monoisotopic (exact) mass is 499 g/mol. The van der Waals surface area contributed by atoms with Crippen molar-refractivity contribution >= 4 is 56.1 Å². The van der Waals surface area contributed by atoms with Crippen LogP contribution in [0.2, 0.25) is 0 Å². The summed E-state index contributed by atoms with van der Waals surface area (Å²) in [7, 11) is -1.93. The number of amides is 1. The quantitative estimate of drug-likeness (QED) is 0.504. The Morgan fingerprint density at radius 3 is 2.59 bits per heavy atom. The second-order valence-electron chi connectivity index (χ2n) is 6.00. The molecule has 1 amide bonds. The first-order valence-electron chi connectivity index (χ1n) is 8.23. The molecule has 2 aromatic rings. The number of likely N-dealkylation sites (tertiary alicyclic amines) is 1. The Morgan fingerprint density at radius 1 is 1.26 bits per heavy atom. The second kappa shape index (κ2) is 8.26. The van der Waals surface area contributed by atoms with Crippen molar-refractivity contribution in [2.75, 3.05) is 18.9 Å². The van der Waals surface area contributed by atoms with E-state index in [-0.39, 0.29) is 10.8 Å². The van der Waals surface area contributed by atoms with E-state index in [1.165, 1.54) is 30.3 Å². The largest absolute Gasteiger partial charge is 0.451 e. The smallest absolute Gasteiger partial charge is 0.283 e. The molecule has 142 valence electrons. The Morgan fingerprint density at radius 2 is 2.00 bits per heavy atom. The van der Waals surface area contributed by atoms with Crippen LogP contribution in [0.3, 0.4) is 0 Å². The van der Waals surface area contributed by atoms with Gasteiger partial charge in [0.15, 0.2) is 3.77 Å². The topological polar surface area (TPSA) is 92.0 Å². The molecule has 1 aromatic heterocycles. The lowest BCUT2D eigenvalue weighted by Crippen LogP contribution is -2.20. The number of amidine groups is 1. The summed E-state index contributed by atoms with van der Waals surface area (Å²) in [5.74, 6) is 0.807. The molecule has 3 rings (SSSR count). The molecule has 0 aliphatic carbocycles. The van der Waals surface area contributed by atoms with E-state index in [1.54, 1.807) is 18.2 Å². The second-order valence-corrected chi connectivity index (χ2v) is 8.66. The molecule has 0 saturated carbocycles. The average molecular weight is 499 g/mol. The van der Waals surface area contributed by atoms with Crippen LogP contribution in [0, 0.1) is 3.77 Å². The standard InChI is InChI=1S/C18H18IN3O4S/c1-22-12-2-3-17(22)21-27(24,25)15-8-4-13(5-9-15)20-18(23)11-7-14-6-10-16(19)26-14/h4-11H,2-3,12H2,1H3,(H,20,23). The van der Waals surface area contributed by atoms with Crippen LogP contribution in [0.25, 0.3) is 6.08 Å². The lowest BCUT2D eigenvalue weighted by atomic mass is 10.3. The fourth-order valence-corrected chi connectivity index (χ4v) is 4.10. The molecule has 1 fully saturated rings. The van der Waals surface area contributed by atoms with Crippen LogP contribution in [-0.4, -0.2) is 38.7 Å². The molecule has 0 spiro atoms. The van der Waals surface area contributed by atoms with E-state index in [0.29, 0.717) is 23.7 Å². The van der Waals surface area contributed by atoms with E-state index in [0.717, 1.165) is 16.7 Å². The molecule has 1 N–H and O–H groups in total. The lowest BCUT2D eigenvalue weighted by Gasteiger charge is -2.11. The van der Waals surface area contributed by atoms with Gasteiger partial charge in [0.25, 0.3) is 10.0 Å². The maximum atomic E-state index is 12.4. The number of anilines is 1. The fourth-order valence-electron chi connectivity index (χ4n) is 2.57. The van der Waals surface area contributed by atoms with Gasteiger partial charge in [-0.25, -0.2) is 0 Å². The predicted molar refractivity (Wildman–Crippen MR) is 112 cm³/mol. The summed E-state index contributed by atoms with van der Waals surface area (Å²) in [5, 5.41) is 2.67. The maximum Gasteiger partial charge on any atom is 0.283 e. The van der Waals surface area contributed by atoms with Gasteiger partial charge in [-0.15, -0.1) is 4.40 Å². The Labute approximate surface area is 171 Å². The molecular weight excluding hydrogens is 481 g/mol. The van der Waals surface area contributed by atoms with Gasteiger partial charge in [-0.3, -0.25) is 4.79 Å². The fraction of sp³-hybridized carbons (Fsp3) is 0.222. The number of nitrogens with zero attached hydrogens (tertiary/aromatic N) is 2. The Balaban J connectivity index is 1.66. The van der Waals surface area contributed by atoms with Crippen molar-refractivity contribution in [2.24, 2.45) is 4.40 Å². The molecule has 1 aromatic carbocycles. The Bertz CT molecular complexity index is 994. The van der Waals surface area contributed by atoms with Crippen LogP contribution in [0.4, 0.5) is 5.69 Å². The van der Waals surface area contributed by atoms with Crippen LogP contribution in [0.15, 0.2) is 56.2 Å². The van der Waals surface area contributed by atoms with Gasteiger partial charge in [0.2, 0.25) is 5.91 Å². The predicted octanol–water partition coefficient (Wildman–Crippen LogP) is 3.35. The minimum Gasteiger partial charge on any atom is -0.451 e. The molecule has 1 aliphatic heterocycles. The number of carbonyl (C=O) groups excluding carboxylic acids is 1. The van der Waals surface area contributed by atoms with E-state index < -0.39 is 10.0 Å². The number of nitrogens with one attached hydrogen (secondary N) is 1. The van der Waals surface area contributed by atoms with Crippen LogP contribution in [0.5, 0.6) is 0 Å². The highest BCUT2D eigenvalue weighted by Crippen LogP contribution is 2.19. The van der Waals surface area contributed by atoms with Crippen molar-refractivity contribution in [3.05, 3.63) is 52.0 Å². The number of benzene rings is 1. The third-order valence-electron chi connectivity index (χ3n) is 3.97. The minimum atomic E-state index is -3.76. The van der Waals surface area contributed by atoms with Gasteiger partial charge in [-0.05, 0) is 71.5 Å². The minimum absolute atomic E-state index is 0.0917. The van der Waals surface area contributed by atoms with E-state index >= 15 is 0 Å². The molecule has 1 saturated heterocycles. The molecule has 0 bridgehead atoms. The van der Waals surface area contributed by atoms with Gasteiger partial charge in [0, 0.05) is 31.8 Å². The zero-order chi connectivity index (χ0) is 19.4. The van der Waals surface area contributed by atoms with E-state index in [1.807, 2.05) is 34.5 Å². The summed E-state index contributed by atoms with van der Waals surface area (Å²) < 4.78 is 34.8. The van der Waals surface area contributed by atoms with Gasteiger partial charge < -0.3 is 14.6 Å². The Hall–Kier alpha value is -2.14. The molecule has 2 heterocycles. The van der Waals surface area contributed by atoms with Crippen molar-refractivity contribution in [1.82, 2.24) is 4.90 Å². The highest BCUT2D eigenvalue weighted by atomic mass is 127. The van der Waals surface area contributed by atoms with Gasteiger partial charge in [0.1, 0.15) is 11.6 Å². The first kappa shape index (κ1) is 19.6. The number of hydrogen-bond acceptors (Lipinski definition) is 4. The van der Waals surface area contributed by atoms with Crippen LogP contribution < -0.4 is 5.32 Å². The van der Waals surface area contributed by atoms with Crippen molar-refractivity contribution in [3.63, 3.8) is 0 Å². The Kier molecular flexibility index (Phi) is 6.00. The number of sulfonamides is 1. The van der Waals surface area contributed by atoms with Crippen molar-refractivity contribution in [1.29, 1.82) is 0 Å². The maximum absolute atomic E-state index is 12.4.